The van der Waals surface area contributed by atoms with Crippen LogP contribution in [-0.4, -0.2) is 40.2 Å². The van der Waals surface area contributed by atoms with Gasteiger partial charge in [-0.1, -0.05) is 18.5 Å². The van der Waals surface area contributed by atoms with Gasteiger partial charge < -0.3 is 9.84 Å². The summed E-state index contributed by atoms with van der Waals surface area (Å²) in [6.45, 7) is 4.93. The quantitative estimate of drug-likeness (QED) is 0.574. The van der Waals surface area contributed by atoms with E-state index in [1.165, 1.54) is 23.9 Å². The van der Waals surface area contributed by atoms with Crippen molar-refractivity contribution in [3.63, 3.8) is 0 Å². The van der Waals surface area contributed by atoms with Crippen LogP contribution in [0.5, 0.6) is 5.75 Å². The lowest BCUT2D eigenvalue weighted by molar-refractivity contribution is -0.122. The van der Waals surface area contributed by atoms with E-state index in [1.54, 1.807) is 41.3 Å². The van der Waals surface area contributed by atoms with Crippen LogP contribution in [0.1, 0.15) is 36.2 Å². The highest BCUT2D eigenvalue weighted by Crippen LogP contribution is 2.36. The molecule has 1 N–H and O–H groups in total. The van der Waals surface area contributed by atoms with Gasteiger partial charge in [-0.25, -0.2) is 9.79 Å². The van der Waals surface area contributed by atoms with Crippen LogP contribution in [0.15, 0.2) is 52.4 Å². The van der Waals surface area contributed by atoms with Crippen LogP contribution in [0.4, 0.5) is 5.69 Å². The van der Waals surface area contributed by atoms with E-state index < -0.39 is 5.97 Å². The second kappa shape index (κ2) is 9.82. The van der Waals surface area contributed by atoms with Gasteiger partial charge in [0, 0.05) is 17.1 Å². The Morgan fingerprint density at radius 2 is 1.97 bits per heavy atom. The summed E-state index contributed by atoms with van der Waals surface area (Å²) in [5.41, 5.74) is 1.49. The second-order valence-electron chi connectivity index (χ2n) is 6.44. The Balaban J connectivity index is 1.92. The zero-order chi connectivity index (χ0) is 21.7. The number of carboxylic acid groups (broad SMARTS) is 1. The van der Waals surface area contributed by atoms with Crippen molar-refractivity contribution >= 4 is 52.2 Å². The first kappa shape index (κ1) is 21.9. The molecule has 30 heavy (non-hydrogen) atoms. The molecular weight excluding hydrogens is 424 g/mol. The maximum atomic E-state index is 12.9. The molecule has 0 aromatic heterocycles. The molecule has 0 bridgehead atoms. The molecule has 3 rings (SSSR count). The van der Waals surface area contributed by atoms with Crippen LogP contribution in [0.3, 0.4) is 0 Å². The number of hydrogen-bond donors (Lipinski definition) is 1. The number of carbonyl (C=O) groups is 2. The molecule has 0 atom stereocenters. The maximum Gasteiger partial charge on any atom is 0.335 e. The number of aliphatic imine (C=N–C) groups is 1. The van der Waals surface area contributed by atoms with E-state index in [1.807, 2.05) is 13.8 Å². The molecule has 0 radical (unpaired) electrons. The predicted octanol–water partition coefficient (Wildman–Crippen LogP) is 5.45. The predicted molar refractivity (Wildman–Crippen MR) is 121 cm³/mol. The van der Waals surface area contributed by atoms with Gasteiger partial charge in [0.05, 0.1) is 22.8 Å². The first-order valence-electron chi connectivity index (χ1n) is 9.48. The summed E-state index contributed by atoms with van der Waals surface area (Å²) in [4.78, 5) is 30.5. The number of ether oxygens (including phenoxy) is 1. The Morgan fingerprint density at radius 3 is 2.60 bits per heavy atom. The Morgan fingerprint density at radius 1 is 1.23 bits per heavy atom. The van der Waals surface area contributed by atoms with Crippen molar-refractivity contribution in [1.82, 2.24) is 4.90 Å². The summed E-state index contributed by atoms with van der Waals surface area (Å²) in [6, 6.07) is 11.5. The number of rotatable bonds is 7. The molecular formula is C22H21ClN2O4S. The number of amides is 1. The van der Waals surface area contributed by atoms with Crippen molar-refractivity contribution < 1.29 is 19.4 Å². The van der Waals surface area contributed by atoms with Gasteiger partial charge in [-0.3, -0.25) is 9.69 Å². The van der Waals surface area contributed by atoms with Crippen LogP contribution in [-0.2, 0) is 4.79 Å². The lowest BCUT2D eigenvalue weighted by Gasteiger charge is -2.12. The van der Waals surface area contributed by atoms with Crippen molar-refractivity contribution in [2.45, 2.75) is 20.3 Å². The SMILES string of the molecule is CCCOc1ccc(Cl)cc1/C=C1/SC(=Nc2ccc(C(=O)O)cc2)N(CC)C1=O. The van der Waals surface area contributed by atoms with Crippen LogP contribution in [0.2, 0.25) is 5.02 Å². The zero-order valence-corrected chi connectivity index (χ0v) is 18.2. The largest absolute Gasteiger partial charge is 0.493 e. The molecule has 0 unspecified atom stereocenters. The number of hydrogen-bond acceptors (Lipinski definition) is 5. The highest BCUT2D eigenvalue weighted by atomic mass is 35.5. The molecule has 156 valence electrons. The lowest BCUT2D eigenvalue weighted by Crippen LogP contribution is -2.28. The van der Waals surface area contributed by atoms with E-state index in [0.29, 0.717) is 39.7 Å². The molecule has 1 amide bonds. The van der Waals surface area contributed by atoms with Gasteiger partial charge in [0.15, 0.2) is 5.17 Å². The molecule has 2 aromatic carbocycles. The van der Waals surface area contributed by atoms with Crippen LogP contribution in [0, 0.1) is 0 Å². The molecule has 1 fully saturated rings. The highest BCUT2D eigenvalue weighted by Gasteiger charge is 2.32. The van der Waals surface area contributed by atoms with Crippen molar-refractivity contribution in [1.29, 1.82) is 0 Å². The fraction of sp³-hybridized carbons (Fsp3) is 0.227. The van der Waals surface area contributed by atoms with E-state index in [-0.39, 0.29) is 11.5 Å². The third-order valence-electron chi connectivity index (χ3n) is 4.26. The smallest absolute Gasteiger partial charge is 0.335 e. The molecule has 2 aromatic rings. The van der Waals surface area contributed by atoms with Gasteiger partial charge in [0.25, 0.3) is 5.91 Å². The van der Waals surface area contributed by atoms with Crippen molar-refractivity contribution in [2.24, 2.45) is 4.99 Å². The van der Waals surface area contributed by atoms with Crippen LogP contribution in [0.25, 0.3) is 6.08 Å². The first-order chi connectivity index (χ1) is 14.4. The molecule has 6 nitrogen and oxygen atoms in total. The maximum absolute atomic E-state index is 12.9. The van der Waals surface area contributed by atoms with Crippen molar-refractivity contribution in [3.05, 3.63) is 63.5 Å². The number of halogens is 1. The van der Waals surface area contributed by atoms with Crippen molar-refractivity contribution in [2.75, 3.05) is 13.2 Å². The summed E-state index contributed by atoms with van der Waals surface area (Å²) in [7, 11) is 0. The zero-order valence-electron chi connectivity index (χ0n) is 16.6. The van der Waals surface area contributed by atoms with Gasteiger partial charge in [0.1, 0.15) is 5.75 Å². The fourth-order valence-electron chi connectivity index (χ4n) is 2.78. The van der Waals surface area contributed by atoms with E-state index in [9.17, 15) is 9.59 Å². The number of aromatic carboxylic acids is 1. The lowest BCUT2D eigenvalue weighted by atomic mass is 10.2. The highest BCUT2D eigenvalue weighted by molar-refractivity contribution is 8.18. The molecule has 0 saturated carbocycles. The Labute approximate surface area is 184 Å². The minimum Gasteiger partial charge on any atom is -0.493 e. The third kappa shape index (κ3) is 5.04. The summed E-state index contributed by atoms with van der Waals surface area (Å²) < 4.78 is 5.78. The van der Waals surface area contributed by atoms with Gasteiger partial charge in [-0.05, 0) is 73.6 Å². The Hall–Kier alpha value is -2.77. The number of likely N-dealkylation sites (N-methyl/N-ethyl adjacent to an activating group) is 1. The summed E-state index contributed by atoms with van der Waals surface area (Å²) in [5, 5.41) is 10.1. The van der Waals surface area contributed by atoms with E-state index >= 15 is 0 Å². The van der Waals surface area contributed by atoms with Gasteiger partial charge >= 0.3 is 5.97 Å². The number of thioether (sulfide) groups is 1. The molecule has 0 aliphatic carbocycles. The van der Waals surface area contributed by atoms with E-state index in [0.717, 1.165) is 12.0 Å². The topological polar surface area (TPSA) is 79.2 Å². The van der Waals surface area contributed by atoms with Gasteiger partial charge in [0.2, 0.25) is 0 Å². The molecule has 0 spiro atoms. The number of nitrogens with zero attached hydrogens (tertiary/aromatic N) is 2. The summed E-state index contributed by atoms with van der Waals surface area (Å²) in [5.74, 6) is -0.479. The minimum atomic E-state index is -0.998. The molecule has 1 saturated heterocycles. The average molecular weight is 445 g/mol. The first-order valence-corrected chi connectivity index (χ1v) is 10.7. The van der Waals surface area contributed by atoms with Crippen molar-refractivity contribution in [3.8, 4) is 5.75 Å². The third-order valence-corrected chi connectivity index (χ3v) is 5.51. The Bertz CT molecular complexity index is 1020. The number of benzene rings is 2. The number of amidine groups is 1. The summed E-state index contributed by atoms with van der Waals surface area (Å²) >= 11 is 7.41. The molecule has 1 heterocycles. The standard InChI is InChI=1S/C22H21ClN2O4S/c1-3-11-29-18-10-7-16(23)12-15(18)13-19-20(26)25(4-2)22(30-19)24-17-8-5-14(6-9-17)21(27)28/h5-10,12-13H,3-4,11H2,1-2H3,(H,27,28)/b19-13+,24-22?. The fourth-order valence-corrected chi connectivity index (χ4v) is 4.01. The van der Waals surface area contributed by atoms with Gasteiger partial charge in [-0.2, -0.15) is 0 Å². The van der Waals surface area contributed by atoms with Gasteiger partial charge in [-0.15, -0.1) is 0 Å². The Kier molecular flexibility index (Phi) is 7.18. The second-order valence-corrected chi connectivity index (χ2v) is 7.88. The van der Waals surface area contributed by atoms with Crippen LogP contribution >= 0.6 is 23.4 Å². The monoisotopic (exact) mass is 444 g/mol. The number of carbonyl (C=O) groups excluding carboxylic acids is 1. The van der Waals surface area contributed by atoms with E-state index in [4.69, 9.17) is 21.4 Å². The average Bonchev–Trinajstić information content (AvgIpc) is 3.01. The molecule has 1 aliphatic rings. The summed E-state index contributed by atoms with van der Waals surface area (Å²) in [6.07, 6.45) is 2.63. The molecule has 1 aliphatic heterocycles. The minimum absolute atomic E-state index is 0.148. The molecule has 8 heteroatoms. The number of carboxylic acids is 1. The normalized spacial score (nSPS) is 16.5. The van der Waals surface area contributed by atoms with Crippen LogP contribution < -0.4 is 4.74 Å². The van der Waals surface area contributed by atoms with E-state index in [2.05, 4.69) is 4.99 Å².